The van der Waals surface area contributed by atoms with Crippen molar-refractivity contribution in [2.45, 2.75) is 38.6 Å². The number of halogens is 1. The lowest BCUT2D eigenvalue weighted by Gasteiger charge is -2.27. The number of nitrogens with two attached hydrogens (primary N) is 1. The summed E-state index contributed by atoms with van der Waals surface area (Å²) >= 11 is 6.44. The molecule has 186 valence electrons. The van der Waals surface area contributed by atoms with Crippen molar-refractivity contribution in [3.63, 3.8) is 0 Å². The third-order valence-corrected chi connectivity index (χ3v) is 7.81. The summed E-state index contributed by atoms with van der Waals surface area (Å²) in [5, 5.41) is 7.11. The normalized spacial score (nSPS) is 25.2. The average molecular weight is 497 g/mol. The van der Waals surface area contributed by atoms with Crippen molar-refractivity contribution in [3.8, 4) is 5.75 Å². The smallest absolute Gasteiger partial charge is 0.229 e. The molecule has 2 aromatic rings. The van der Waals surface area contributed by atoms with Crippen LogP contribution >= 0.6 is 11.6 Å². The van der Waals surface area contributed by atoms with Crippen molar-refractivity contribution in [1.29, 1.82) is 0 Å². The second kappa shape index (κ2) is 10.0. The van der Waals surface area contributed by atoms with Gasteiger partial charge >= 0.3 is 0 Å². The summed E-state index contributed by atoms with van der Waals surface area (Å²) in [5.74, 6) is 1.49. The summed E-state index contributed by atoms with van der Waals surface area (Å²) in [6.45, 7) is 5.47. The number of nitrogens with one attached hydrogen (secondary N) is 2. The number of hydrogen-bond acceptors (Lipinski definition) is 7. The van der Waals surface area contributed by atoms with Gasteiger partial charge in [0.25, 0.3) is 0 Å². The Morgan fingerprint density at radius 3 is 2.69 bits per heavy atom. The molecule has 1 aliphatic heterocycles. The van der Waals surface area contributed by atoms with Crippen LogP contribution in [-0.4, -0.2) is 53.6 Å². The maximum atomic E-state index is 12.1. The van der Waals surface area contributed by atoms with Gasteiger partial charge < -0.3 is 26.0 Å². The molecule has 0 saturated heterocycles. The maximum Gasteiger partial charge on any atom is 0.229 e. The molecule has 0 radical (unpaired) electrons. The van der Waals surface area contributed by atoms with Crippen LogP contribution in [0.1, 0.15) is 30.9 Å². The van der Waals surface area contributed by atoms with E-state index in [1.165, 1.54) is 11.1 Å². The van der Waals surface area contributed by atoms with Crippen LogP contribution in [0.2, 0.25) is 5.02 Å². The van der Waals surface area contributed by atoms with E-state index in [0.717, 1.165) is 56.8 Å². The molecule has 3 aliphatic rings. The number of carbonyl (C=O) groups excluding carboxylic acids is 1. The molecule has 1 amide bonds. The van der Waals surface area contributed by atoms with E-state index >= 15 is 0 Å². The van der Waals surface area contributed by atoms with E-state index in [9.17, 15) is 4.79 Å². The number of benzene rings is 1. The number of fused-ring (bicyclic) bond motifs is 3. The summed E-state index contributed by atoms with van der Waals surface area (Å²) in [6, 6.07) is 4.15. The molecule has 2 aliphatic carbocycles. The first-order valence-electron chi connectivity index (χ1n) is 12.4. The molecule has 1 fully saturated rings. The second-order valence-electron chi connectivity index (χ2n) is 9.72. The Labute approximate surface area is 211 Å². The van der Waals surface area contributed by atoms with Crippen LogP contribution < -0.4 is 21.1 Å². The minimum Gasteiger partial charge on any atom is -0.495 e. The predicted octanol–water partition coefficient (Wildman–Crippen LogP) is 3.78. The Kier molecular flexibility index (Phi) is 6.84. The van der Waals surface area contributed by atoms with Gasteiger partial charge in [-0.1, -0.05) is 30.7 Å². The monoisotopic (exact) mass is 496 g/mol. The highest BCUT2D eigenvalue weighted by atomic mass is 35.5. The first kappa shape index (κ1) is 23.9. The first-order valence-corrected chi connectivity index (χ1v) is 12.8. The summed E-state index contributed by atoms with van der Waals surface area (Å²) in [4.78, 5) is 23.7. The number of anilines is 3. The van der Waals surface area contributed by atoms with Crippen molar-refractivity contribution in [3.05, 3.63) is 46.6 Å². The summed E-state index contributed by atoms with van der Waals surface area (Å²) in [7, 11) is 1.68. The van der Waals surface area contributed by atoms with Gasteiger partial charge in [0.2, 0.25) is 11.9 Å². The van der Waals surface area contributed by atoms with Gasteiger partial charge in [0, 0.05) is 19.1 Å². The van der Waals surface area contributed by atoms with E-state index in [-0.39, 0.29) is 29.7 Å². The van der Waals surface area contributed by atoms with E-state index in [4.69, 9.17) is 22.1 Å². The number of hydrogen-bond donors (Lipinski definition) is 3. The Balaban J connectivity index is 1.37. The molecular formula is C26H33ClN6O2. The molecule has 0 unspecified atom stereocenters. The van der Waals surface area contributed by atoms with Crippen LogP contribution in [0.4, 0.5) is 17.5 Å². The molecule has 1 saturated carbocycles. The largest absolute Gasteiger partial charge is 0.495 e. The minimum atomic E-state index is -0.296. The number of primary amides is 1. The minimum absolute atomic E-state index is 0.129. The van der Waals surface area contributed by atoms with E-state index in [1.807, 2.05) is 0 Å². The van der Waals surface area contributed by atoms with E-state index in [2.05, 4.69) is 56.7 Å². The van der Waals surface area contributed by atoms with Crippen molar-refractivity contribution in [2.75, 3.05) is 37.4 Å². The standard InChI is InChI=1S/C26H33ClN6O2/c1-3-8-33-9-6-15-12-20(21(35-2)13-16(15)7-10-33)30-26-29-14-19(27)25(32-26)31-23-18-5-4-17(11-18)22(23)24(28)34/h4-5,12-14,17-18,22-23H,3,6-11H2,1-2H3,(H2,28,34)(H2,29,30,31,32)/t17-,18+,22+,23-/m1/s1. The molecule has 1 aromatic heterocycles. The lowest BCUT2D eigenvalue weighted by molar-refractivity contribution is -0.122. The molecule has 1 aromatic carbocycles. The van der Waals surface area contributed by atoms with E-state index in [0.29, 0.717) is 16.8 Å². The molecule has 35 heavy (non-hydrogen) atoms. The van der Waals surface area contributed by atoms with Crippen LogP contribution in [0.15, 0.2) is 30.5 Å². The zero-order chi connectivity index (χ0) is 24.5. The molecule has 2 heterocycles. The number of carbonyl (C=O) groups is 1. The number of aromatic nitrogens is 2. The number of rotatable bonds is 8. The predicted molar refractivity (Wildman–Crippen MR) is 138 cm³/mol. The van der Waals surface area contributed by atoms with Gasteiger partial charge in [0.1, 0.15) is 10.8 Å². The number of nitrogens with zero attached hydrogens (tertiary/aromatic N) is 3. The van der Waals surface area contributed by atoms with Crippen molar-refractivity contribution in [2.24, 2.45) is 23.5 Å². The van der Waals surface area contributed by atoms with Crippen LogP contribution in [0.3, 0.4) is 0 Å². The first-order chi connectivity index (χ1) is 17.0. The average Bonchev–Trinajstić information content (AvgIpc) is 3.39. The fraction of sp³-hybridized carbons (Fsp3) is 0.500. The quantitative estimate of drug-likeness (QED) is 0.477. The molecule has 5 rings (SSSR count). The van der Waals surface area contributed by atoms with Gasteiger partial charge in [-0.05, 0) is 67.3 Å². The van der Waals surface area contributed by atoms with Crippen LogP contribution in [0, 0.1) is 17.8 Å². The summed E-state index contributed by atoms with van der Waals surface area (Å²) in [6.07, 6.45) is 9.90. The SMILES string of the molecule is CCCN1CCc2cc(Nc3ncc(Cl)c(N[C@H]4[C@@H](C(N)=O)[C@@H]5C=C[C@H]4C5)n3)c(OC)cc2CC1. The van der Waals surface area contributed by atoms with Gasteiger partial charge in [-0.25, -0.2) is 4.98 Å². The molecule has 4 N–H and O–H groups in total. The maximum absolute atomic E-state index is 12.1. The zero-order valence-electron chi connectivity index (χ0n) is 20.3. The number of methoxy groups -OCH3 is 1. The van der Waals surface area contributed by atoms with Crippen molar-refractivity contribution >= 4 is 35.0 Å². The highest BCUT2D eigenvalue weighted by Gasteiger charge is 2.47. The molecule has 2 bridgehead atoms. The fourth-order valence-electron chi connectivity index (χ4n) is 5.82. The molecule has 4 atom stereocenters. The van der Waals surface area contributed by atoms with Crippen LogP contribution in [0.5, 0.6) is 5.75 Å². The Morgan fingerprint density at radius 1 is 1.23 bits per heavy atom. The van der Waals surface area contributed by atoms with E-state index in [1.54, 1.807) is 13.3 Å². The van der Waals surface area contributed by atoms with Gasteiger partial charge in [-0.2, -0.15) is 4.98 Å². The molecule has 9 heteroatoms. The van der Waals surface area contributed by atoms with E-state index < -0.39 is 0 Å². The lowest BCUT2D eigenvalue weighted by Crippen LogP contribution is -2.41. The zero-order valence-corrected chi connectivity index (χ0v) is 21.0. The van der Waals surface area contributed by atoms with Gasteiger partial charge in [-0.15, -0.1) is 0 Å². The number of ether oxygens (including phenoxy) is 1. The molecule has 8 nitrogen and oxygen atoms in total. The molecular weight excluding hydrogens is 464 g/mol. The van der Waals surface area contributed by atoms with Gasteiger partial charge in [0.05, 0.1) is 24.9 Å². The summed E-state index contributed by atoms with van der Waals surface area (Å²) in [5.41, 5.74) is 9.18. The fourth-order valence-corrected chi connectivity index (χ4v) is 5.97. The van der Waals surface area contributed by atoms with Crippen LogP contribution in [0.25, 0.3) is 0 Å². The third-order valence-electron chi connectivity index (χ3n) is 7.54. The topological polar surface area (TPSA) is 105 Å². The third kappa shape index (κ3) is 4.82. The molecule has 0 spiro atoms. The summed E-state index contributed by atoms with van der Waals surface area (Å²) < 4.78 is 5.70. The van der Waals surface area contributed by atoms with Gasteiger partial charge in [-0.3, -0.25) is 4.79 Å². The Bertz CT molecular complexity index is 1140. The Hall–Kier alpha value is -2.84. The van der Waals surface area contributed by atoms with Gasteiger partial charge in [0.15, 0.2) is 5.82 Å². The number of allylic oxidation sites excluding steroid dienone is 1. The van der Waals surface area contributed by atoms with Crippen molar-refractivity contribution in [1.82, 2.24) is 14.9 Å². The van der Waals surface area contributed by atoms with Crippen molar-refractivity contribution < 1.29 is 9.53 Å². The highest BCUT2D eigenvalue weighted by molar-refractivity contribution is 6.32. The number of amides is 1. The Morgan fingerprint density at radius 2 is 1.97 bits per heavy atom. The second-order valence-corrected chi connectivity index (χ2v) is 10.1. The lowest BCUT2D eigenvalue weighted by atomic mass is 9.88. The highest BCUT2D eigenvalue weighted by Crippen LogP contribution is 2.45. The van der Waals surface area contributed by atoms with Crippen LogP contribution in [-0.2, 0) is 17.6 Å².